The summed E-state index contributed by atoms with van der Waals surface area (Å²) in [4.78, 5) is 0. The van der Waals surface area contributed by atoms with Gasteiger partial charge < -0.3 is 9.88 Å². The van der Waals surface area contributed by atoms with Crippen molar-refractivity contribution in [2.24, 2.45) is 0 Å². The van der Waals surface area contributed by atoms with E-state index >= 15 is 0 Å². The van der Waals surface area contributed by atoms with E-state index < -0.39 is 0 Å². The third kappa shape index (κ3) is 3.56. The van der Waals surface area contributed by atoms with Crippen molar-refractivity contribution >= 4 is 33.2 Å². The lowest BCUT2D eigenvalue weighted by Crippen LogP contribution is -1.94. The second-order valence-electron chi connectivity index (χ2n) is 8.49. The molecule has 1 heterocycles. The number of nitrogens with one attached hydrogen (secondary N) is 1. The molecule has 0 aliphatic heterocycles. The molecule has 0 unspecified atom stereocenters. The summed E-state index contributed by atoms with van der Waals surface area (Å²) in [6.07, 6.45) is 0. The lowest BCUT2D eigenvalue weighted by Gasteiger charge is -2.10. The molecular formula is C31H24N2. The molecule has 0 spiro atoms. The number of aromatic nitrogens is 1. The van der Waals surface area contributed by atoms with Crippen LogP contribution in [0.1, 0.15) is 5.56 Å². The summed E-state index contributed by atoms with van der Waals surface area (Å²) in [5.74, 6) is 0. The van der Waals surface area contributed by atoms with Gasteiger partial charge in [-0.3, -0.25) is 0 Å². The second-order valence-corrected chi connectivity index (χ2v) is 8.49. The number of fused-ring (bicyclic) bond motifs is 3. The smallest absolute Gasteiger partial charge is 0.0542 e. The van der Waals surface area contributed by atoms with Crippen LogP contribution in [-0.4, -0.2) is 4.57 Å². The average Bonchev–Trinajstić information content (AvgIpc) is 3.18. The Morgan fingerprint density at radius 1 is 0.515 bits per heavy atom. The minimum atomic E-state index is 1.08. The summed E-state index contributed by atoms with van der Waals surface area (Å²) in [7, 11) is 0. The quantitative estimate of drug-likeness (QED) is 0.300. The van der Waals surface area contributed by atoms with Crippen LogP contribution in [0.5, 0.6) is 0 Å². The van der Waals surface area contributed by atoms with Crippen molar-refractivity contribution in [1.82, 2.24) is 4.57 Å². The zero-order valence-corrected chi connectivity index (χ0v) is 18.5. The summed E-state index contributed by atoms with van der Waals surface area (Å²) >= 11 is 0. The fourth-order valence-corrected chi connectivity index (χ4v) is 4.61. The maximum atomic E-state index is 3.59. The highest BCUT2D eigenvalue weighted by Gasteiger charge is 2.13. The van der Waals surface area contributed by atoms with Crippen LogP contribution in [0.2, 0.25) is 0 Å². The van der Waals surface area contributed by atoms with Crippen LogP contribution in [-0.2, 0) is 0 Å². The van der Waals surface area contributed by atoms with Gasteiger partial charge in [0.2, 0.25) is 0 Å². The van der Waals surface area contributed by atoms with Crippen LogP contribution in [0.25, 0.3) is 38.6 Å². The molecule has 2 heteroatoms. The minimum absolute atomic E-state index is 1.08. The van der Waals surface area contributed by atoms with Crippen molar-refractivity contribution in [1.29, 1.82) is 0 Å². The normalized spacial score (nSPS) is 11.2. The Kier molecular flexibility index (Phi) is 4.70. The second kappa shape index (κ2) is 7.99. The zero-order valence-electron chi connectivity index (χ0n) is 18.5. The summed E-state index contributed by atoms with van der Waals surface area (Å²) < 4.78 is 2.35. The Labute approximate surface area is 193 Å². The molecule has 0 aliphatic carbocycles. The van der Waals surface area contributed by atoms with E-state index in [9.17, 15) is 0 Å². The Bertz CT molecular complexity index is 1560. The third-order valence-electron chi connectivity index (χ3n) is 6.22. The number of rotatable bonds is 4. The van der Waals surface area contributed by atoms with Crippen LogP contribution < -0.4 is 5.32 Å². The molecule has 2 nitrogen and oxygen atoms in total. The van der Waals surface area contributed by atoms with E-state index in [0.717, 1.165) is 11.4 Å². The summed E-state index contributed by atoms with van der Waals surface area (Å²) in [5, 5.41) is 6.12. The molecule has 6 rings (SSSR count). The highest BCUT2D eigenvalue weighted by molar-refractivity contribution is 6.10. The molecule has 0 amide bonds. The van der Waals surface area contributed by atoms with E-state index in [1.807, 2.05) is 6.07 Å². The first kappa shape index (κ1) is 19.4. The van der Waals surface area contributed by atoms with Crippen molar-refractivity contribution in [3.8, 4) is 16.8 Å². The van der Waals surface area contributed by atoms with Gasteiger partial charge in [-0.05, 0) is 72.6 Å². The summed E-state index contributed by atoms with van der Waals surface area (Å²) in [5.41, 5.74) is 9.51. The van der Waals surface area contributed by atoms with Gasteiger partial charge in [0.15, 0.2) is 0 Å². The number of hydrogen-bond acceptors (Lipinski definition) is 1. The van der Waals surface area contributed by atoms with Crippen LogP contribution in [0.15, 0.2) is 121 Å². The SMILES string of the molecule is Cc1ccc2c(c1)c1cc(Nc3ccc(-c4ccccc4)cc3)ccc1n2-c1ccccc1. The van der Waals surface area contributed by atoms with Gasteiger partial charge in [-0.25, -0.2) is 0 Å². The Morgan fingerprint density at radius 2 is 1.09 bits per heavy atom. The van der Waals surface area contributed by atoms with Crippen LogP contribution in [0, 0.1) is 6.92 Å². The van der Waals surface area contributed by atoms with Crippen LogP contribution in [0.4, 0.5) is 11.4 Å². The fraction of sp³-hybridized carbons (Fsp3) is 0.0323. The van der Waals surface area contributed by atoms with Gasteiger partial charge in [0.05, 0.1) is 11.0 Å². The van der Waals surface area contributed by atoms with Gasteiger partial charge in [-0.1, -0.05) is 72.3 Å². The van der Waals surface area contributed by atoms with E-state index in [4.69, 9.17) is 0 Å². The molecule has 0 saturated heterocycles. The van der Waals surface area contributed by atoms with E-state index in [0.29, 0.717) is 0 Å². The molecule has 0 aliphatic rings. The maximum absolute atomic E-state index is 3.59. The van der Waals surface area contributed by atoms with Gasteiger partial charge in [0.1, 0.15) is 0 Å². The van der Waals surface area contributed by atoms with Crippen molar-refractivity contribution in [3.05, 3.63) is 127 Å². The van der Waals surface area contributed by atoms with Gasteiger partial charge in [0, 0.05) is 27.8 Å². The number of benzene rings is 5. The maximum Gasteiger partial charge on any atom is 0.0542 e. The predicted octanol–water partition coefficient (Wildman–Crippen LogP) is 8.50. The molecular weight excluding hydrogens is 400 g/mol. The van der Waals surface area contributed by atoms with Gasteiger partial charge in [-0.2, -0.15) is 0 Å². The first-order chi connectivity index (χ1) is 16.3. The topological polar surface area (TPSA) is 17.0 Å². The Morgan fingerprint density at radius 3 is 1.82 bits per heavy atom. The monoisotopic (exact) mass is 424 g/mol. The molecule has 1 N–H and O–H groups in total. The predicted molar refractivity (Wildman–Crippen MR) is 141 cm³/mol. The first-order valence-electron chi connectivity index (χ1n) is 11.3. The lowest BCUT2D eigenvalue weighted by atomic mass is 10.1. The molecule has 1 aromatic heterocycles. The highest BCUT2D eigenvalue weighted by Crippen LogP contribution is 2.35. The highest BCUT2D eigenvalue weighted by atomic mass is 15.0. The Hall–Kier alpha value is -4.30. The zero-order chi connectivity index (χ0) is 22.2. The number of para-hydroxylation sites is 1. The van der Waals surface area contributed by atoms with Gasteiger partial charge >= 0.3 is 0 Å². The first-order valence-corrected chi connectivity index (χ1v) is 11.3. The van der Waals surface area contributed by atoms with Crippen molar-refractivity contribution in [2.45, 2.75) is 6.92 Å². The van der Waals surface area contributed by atoms with E-state index in [1.165, 1.54) is 44.2 Å². The van der Waals surface area contributed by atoms with Crippen molar-refractivity contribution < 1.29 is 0 Å². The molecule has 0 saturated carbocycles. The molecule has 33 heavy (non-hydrogen) atoms. The molecule has 0 bridgehead atoms. The van der Waals surface area contributed by atoms with Crippen molar-refractivity contribution in [3.63, 3.8) is 0 Å². The largest absolute Gasteiger partial charge is 0.356 e. The summed E-state index contributed by atoms with van der Waals surface area (Å²) in [6.45, 7) is 2.15. The molecule has 158 valence electrons. The average molecular weight is 425 g/mol. The van der Waals surface area contributed by atoms with Gasteiger partial charge in [0.25, 0.3) is 0 Å². The fourth-order valence-electron chi connectivity index (χ4n) is 4.61. The molecule has 0 atom stereocenters. The third-order valence-corrected chi connectivity index (χ3v) is 6.22. The van der Waals surface area contributed by atoms with Gasteiger partial charge in [-0.15, -0.1) is 0 Å². The molecule has 0 radical (unpaired) electrons. The Balaban J connectivity index is 1.41. The van der Waals surface area contributed by atoms with E-state index in [2.05, 4.69) is 132 Å². The van der Waals surface area contributed by atoms with E-state index in [-0.39, 0.29) is 0 Å². The summed E-state index contributed by atoms with van der Waals surface area (Å²) in [6, 6.07) is 43.0. The van der Waals surface area contributed by atoms with E-state index in [1.54, 1.807) is 0 Å². The standard InChI is InChI=1S/C31H24N2/c1-22-12-18-30-28(20-22)29-21-26(17-19-31(29)33(30)27-10-6-3-7-11-27)32-25-15-13-24(14-16-25)23-8-4-2-5-9-23/h2-21,32H,1H3. The lowest BCUT2D eigenvalue weighted by molar-refractivity contribution is 1.18. The minimum Gasteiger partial charge on any atom is -0.356 e. The molecule has 6 aromatic rings. The molecule has 5 aromatic carbocycles. The number of nitrogens with zero attached hydrogens (tertiary/aromatic N) is 1. The van der Waals surface area contributed by atoms with Crippen molar-refractivity contribution in [2.75, 3.05) is 5.32 Å². The van der Waals surface area contributed by atoms with Crippen LogP contribution in [0.3, 0.4) is 0 Å². The molecule has 0 fully saturated rings. The van der Waals surface area contributed by atoms with Crippen LogP contribution >= 0.6 is 0 Å². The number of aryl methyl sites for hydroxylation is 1. The number of anilines is 2. The number of hydrogen-bond donors (Lipinski definition) is 1.